The maximum absolute atomic E-state index is 11.3. The van der Waals surface area contributed by atoms with Crippen molar-refractivity contribution < 1.29 is 4.79 Å². The number of rotatable bonds is 6. The van der Waals surface area contributed by atoms with E-state index in [1.807, 2.05) is 18.0 Å². The van der Waals surface area contributed by atoms with Gasteiger partial charge in [-0.1, -0.05) is 13.8 Å². The molecule has 0 aromatic rings. The molecule has 0 aliphatic heterocycles. The summed E-state index contributed by atoms with van der Waals surface area (Å²) in [6, 6.07) is 1.86. The van der Waals surface area contributed by atoms with E-state index in [0.717, 1.165) is 6.54 Å². The van der Waals surface area contributed by atoms with Gasteiger partial charge in [0.1, 0.15) is 6.54 Å². The molecule has 0 heterocycles. The van der Waals surface area contributed by atoms with Gasteiger partial charge in [-0.3, -0.25) is 9.69 Å². The summed E-state index contributed by atoms with van der Waals surface area (Å²) in [6.45, 7) is 5.80. The van der Waals surface area contributed by atoms with Gasteiger partial charge in [0.15, 0.2) is 0 Å². The molecule has 0 spiro atoms. The summed E-state index contributed by atoms with van der Waals surface area (Å²) in [5.74, 6) is -0.133. The average Bonchev–Trinajstić information content (AvgIpc) is 2.13. The standard InChI is InChI=1S/C10H20N4O/c1-10(2,7-12)8-14(3)6-9(15)13-5-4-11/h5-8,12H2,1-3H3,(H,13,15). The fourth-order valence-electron chi connectivity index (χ4n) is 1.29. The van der Waals surface area contributed by atoms with Crippen molar-refractivity contribution in [3.63, 3.8) is 0 Å². The van der Waals surface area contributed by atoms with Crippen molar-refractivity contribution in [2.75, 3.05) is 33.2 Å². The molecule has 5 nitrogen and oxygen atoms in total. The minimum absolute atomic E-state index is 0.00422. The van der Waals surface area contributed by atoms with Crippen molar-refractivity contribution in [1.29, 1.82) is 5.26 Å². The molecule has 0 saturated heterocycles. The van der Waals surface area contributed by atoms with Gasteiger partial charge in [0.25, 0.3) is 0 Å². The zero-order valence-corrected chi connectivity index (χ0v) is 9.71. The van der Waals surface area contributed by atoms with E-state index in [1.165, 1.54) is 0 Å². The number of nitrogens with one attached hydrogen (secondary N) is 1. The van der Waals surface area contributed by atoms with E-state index in [9.17, 15) is 4.79 Å². The molecule has 0 unspecified atom stereocenters. The topological polar surface area (TPSA) is 82.2 Å². The van der Waals surface area contributed by atoms with Crippen LogP contribution in [0.3, 0.4) is 0 Å². The maximum Gasteiger partial charge on any atom is 0.234 e. The van der Waals surface area contributed by atoms with Gasteiger partial charge in [-0.2, -0.15) is 5.26 Å². The van der Waals surface area contributed by atoms with Crippen LogP contribution >= 0.6 is 0 Å². The van der Waals surface area contributed by atoms with Crippen LogP contribution in [0, 0.1) is 16.7 Å². The van der Waals surface area contributed by atoms with E-state index in [0.29, 0.717) is 13.1 Å². The number of hydrogen-bond donors (Lipinski definition) is 2. The summed E-state index contributed by atoms with van der Waals surface area (Å²) < 4.78 is 0. The van der Waals surface area contributed by atoms with E-state index in [-0.39, 0.29) is 17.9 Å². The lowest BCUT2D eigenvalue weighted by Crippen LogP contribution is -2.42. The van der Waals surface area contributed by atoms with Crippen molar-refractivity contribution in [1.82, 2.24) is 10.2 Å². The molecule has 0 aromatic heterocycles. The summed E-state index contributed by atoms with van der Waals surface area (Å²) >= 11 is 0. The summed E-state index contributed by atoms with van der Waals surface area (Å²) in [5, 5.41) is 10.8. The minimum Gasteiger partial charge on any atom is -0.342 e. The Morgan fingerprint density at radius 2 is 2.20 bits per heavy atom. The average molecular weight is 212 g/mol. The van der Waals surface area contributed by atoms with Crippen LogP contribution in [0.15, 0.2) is 0 Å². The zero-order valence-electron chi connectivity index (χ0n) is 9.71. The number of nitrogens with two attached hydrogens (primary N) is 1. The molecule has 86 valence electrons. The Morgan fingerprint density at radius 3 is 2.67 bits per heavy atom. The van der Waals surface area contributed by atoms with Crippen LogP contribution < -0.4 is 11.1 Å². The maximum atomic E-state index is 11.3. The molecule has 0 saturated carbocycles. The number of nitriles is 1. The lowest BCUT2D eigenvalue weighted by molar-refractivity contribution is -0.121. The first-order valence-electron chi connectivity index (χ1n) is 4.93. The highest BCUT2D eigenvalue weighted by Crippen LogP contribution is 2.13. The van der Waals surface area contributed by atoms with Crippen molar-refractivity contribution >= 4 is 5.91 Å². The Labute approximate surface area is 91.2 Å². The van der Waals surface area contributed by atoms with Crippen LogP contribution in [0.4, 0.5) is 0 Å². The Hall–Kier alpha value is -1.12. The lowest BCUT2D eigenvalue weighted by Gasteiger charge is -2.28. The second-order valence-electron chi connectivity index (χ2n) is 4.48. The molecule has 15 heavy (non-hydrogen) atoms. The van der Waals surface area contributed by atoms with E-state index in [1.54, 1.807) is 0 Å². The monoisotopic (exact) mass is 212 g/mol. The zero-order chi connectivity index (χ0) is 11.9. The van der Waals surface area contributed by atoms with E-state index >= 15 is 0 Å². The van der Waals surface area contributed by atoms with E-state index in [2.05, 4.69) is 19.2 Å². The fraction of sp³-hybridized carbons (Fsp3) is 0.800. The molecule has 0 atom stereocenters. The summed E-state index contributed by atoms with van der Waals surface area (Å²) in [4.78, 5) is 13.2. The van der Waals surface area contributed by atoms with Gasteiger partial charge in [-0.25, -0.2) is 0 Å². The Balaban J connectivity index is 3.89. The highest BCUT2D eigenvalue weighted by Gasteiger charge is 2.19. The lowest BCUT2D eigenvalue weighted by atomic mass is 9.93. The first kappa shape index (κ1) is 13.9. The van der Waals surface area contributed by atoms with Gasteiger partial charge in [0.2, 0.25) is 5.91 Å². The van der Waals surface area contributed by atoms with Crippen molar-refractivity contribution in [3.8, 4) is 6.07 Å². The molecule has 0 aromatic carbocycles. The van der Waals surface area contributed by atoms with Gasteiger partial charge >= 0.3 is 0 Å². The van der Waals surface area contributed by atoms with E-state index in [4.69, 9.17) is 11.0 Å². The summed E-state index contributed by atoms with van der Waals surface area (Å²) in [7, 11) is 1.86. The highest BCUT2D eigenvalue weighted by molar-refractivity contribution is 5.78. The van der Waals surface area contributed by atoms with Crippen LogP contribution in [-0.4, -0.2) is 44.0 Å². The minimum atomic E-state index is -0.133. The number of nitrogens with zero attached hydrogens (tertiary/aromatic N) is 2. The third-order valence-corrected chi connectivity index (χ3v) is 2.03. The molecule has 0 radical (unpaired) electrons. The van der Waals surface area contributed by atoms with Crippen LogP contribution in [0.5, 0.6) is 0 Å². The third kappa shape index (κ3) is 6.89. The van der Waals surface area contributed by atoms with Gasteiger partial charge < -0.3 is 11.1 Å². The fourth-order valence-corrected chi connectivity index (χ4v) is 1.29. The highest BCUT2D eigenvalue weighted by atomic mass is 16.2. The second kappa shape index (κ2) is 6.38. The van der Waals surface area contributed by atoms with Gasteiger partial charge in [-0.05, 0) is 19.0 Å². The van der Waals surface area contributed by atoms with E-state index < -0.39 is 0 Å². The predicted octanol–water partition coefficient (Wildman–Crippen LogP) is -0.457. The Bertz CT molecular complexity index is 244. The van der Waals surface area contributed by atoms with Gasteiger partial charge in [0, 0.05) is 6.54 Å². The second-order valence-corrected chi connectivity index (χ2v) is 4.48. The van der Waals surface area contributed by atoms with Gasteiger partial charge in [-0.15, -0.1) is 0 Å². The van der Waals surface area contributed by atoms with Crippen molar-refractivity contribution in [3.05, 3.63) is 0 Å². The van der Waals surface area contributed by atoms with Gasteiger partial charge in [0.05, 0.1) is 12.6 Å². The Morgan fingerprint density at radius 1 is 1.60 bits per heavy atom. The number of likely N-dealkylation sites (N-methyl/N-ethyl adjacent to an activating group) is 1. The molecular formula is C10H20N4O. The Kier molecular flexibility index (Phi) is 5.90. The quantitative estimate of drug-likeness (QED) is 0.584. The first-order valence-corrected chi connectivity index (χ1v) is 4.93. The van der Waals surface area contributed by atoms with Crippen LogP contribution in [0.25, 0.3) is 0 Å². The summed E-state index contributed by atoms with van der Waals surface area (Å²) in [5.41, 5.74) is 5.60. The normalized spacial score (nSPS) is 11.2. The molecule has 0 fully saturated rings. The van der Waals surface area contributed by atoms with Crippen molar-refractivity contribution in [2.24, 2.45) is 11.1 Å². The molecule has 0 rings (SSSR count). The number of carbonyl (C=O) groups is 1. The molecule has 3 N–H and O–H groups in total. The van der Waals surface area contributed by atoms with Crippen LogP contribution in [0.1, 0.15) is 13.8 Å². The largest absolute Gasteiger partial charge is 0.342 e. The molecular weight excluding hydrogens is 192 g/mol. The smallest absolute Gasteiger partial charge is 0.234 e. The number of amides is 1. The predicted molar refractivity (Wildman–Crippen MR) is 59.0 cm³/mol. The molecule has 0 aliphatic carbocycles. The van der Waals surface area contributed by atoms with Crippen LogP contribution in [-0.2, 0) is 4.79 Å². The third-order valence-electron chi connectivity index (χ3n) is 2.03. The number of carbonyl (C=O) groups excluding carboxylic acids is 1. The molecule has 5 heteroatoms. The summed E-state index contributed by atoms with van der Waals surface area (Å²) in [6.07, 6.45) is 0. The molecule has 1 amide bonds. The SMILES string of the molecule is CN(CC(=O)NCC#N)CC(C)(C)CN. The molecule has 0 aliphatic rings. The molecule has 0 bridgehead atoms. The van der Waals surface area contributed by atoms with Crippen LogP contribution in [0.2, 0.25) is 0 Å². The number of hydrogen-bond acceptors (Lipinski definition) is 4. The van der Waals surface area contributed by atoms with Crippen molar-refractivity contribution in [2.45, 2.75) is 13.8 Å². The first-order chi connectivity index (χ1) is 6.91.